The minimum atomic E-state index is -3.63. The summed E-state index contributed by atoms with van der Waals surface area (Å²) in [6, 6.07) is 12.4. The molecule has 1 saturated heterocycles. The fourth-order valence-electron chi connectivity index (χ4n) is 3.11. The zero-order chi connectivity index (χ0) is 19.4. The van der Waals surface area contributed by atoms with Crippen LogP contribution in [0.2, 0.25) is 0 Å². The molecule has 1 fully saturated rings. The van der Waals surface area contributed by atoms with Crippen LogP contribution in [0.3, 0.4) is 0 Å². The van der Waals surface area contributed by atoms with Crippen molar-refractivity contribution in [1.82, 2.24) is 4.31 Å². The summed E-state index contributed by atoms with van der Waals surface area (Å²) >= 11 is 0. The van der Waals surface area contributed by atoms with Crippen LogP contribution in [0, 0.1) is 12.7 Å². The molecule has 3 rings (SSSR count). The first-order valence-electron chi connectivity index (χ1n) is 8.81. The van der Waals surface area contributed by atoms with E-state index in [-0.39, 0.29) is 10.8 Å². The number of nitrogens with zero attached hydrogens (tertiary/aromatic N) is 1. The van der Waals surface area contributed by atoms with Crippen LogP contribution in [0.4, 0.5) is 10.1 Å². The van der Waals surface area contributed by atoms with Gasteiger partial charge in [0.1, 0.15) is 5.82 Å². The maximum Gasteiger partial charge on any atom is 0.279 e. The summed E-state index contributed by atoms with van der Waals surface area (Å²) in [6.45, 7) is 3.96. The van der Waals surface area contributed by atoms with Gasteiger partial charge in [0.25, 0.3) is 5.91 Å². The smallest absolute Gasteiger partial charge is 0.279 e. The number of quaternary nitrogens is 1. The van der Waals surface area contributed by atoms with Crippen LogP contribution in [0.15, 0.2) is 53.4 Å². The van der Waals surface area contributed by atoms with Gasteiger partial charge in [0.2, 0.25) is 10.0 Å². The molecule has 27 heavy (non-hydrogen) atoms. The first-order valence-corrected chi connectivity index (χ1v) is 10.2. The summed E-state index contributed by atoms with van der Waals surface area (Å²) in [4.78, 5) is 13.4. The standard InChI is InChI=1S/C19H22FN3O3S/c1-15-4-2-3-5-18(15)21-19(24)14-22-10-12-23(13-11-22)27(25,26)17-8-6-16(20)7-9-17/h2-9H,10-14H2,1H3,(H,21,24)/p+1. The number of sulfonamides is 1. The predicted octanol–water partition coefficient (Wildman–Crippen LogP) is 0.662. The predicted molar refractivity (Wildman–Crippen MR) is 101 cm³/mol. The van der Waals surface area contributed by atoms with Crippen LogP contribution in [0.1, 0.15) is 5.56 Å². The highest BCUT2D eigenvalue weighted by molar-refractivity contribution is 7.89. The Balaban J connectivity index is 1.55. The van der Waals surface area contributed by atoms with E-state index < -0.39 is 15.8 Å². The van der Waals surface area contributed by atoms with Crippen molar-refractivity contribution in [1.29, 1.82) is 0 Å². The highest BCUT2D eigenvalue weighted by Gasteiger charge is 2.31. The number of amides is 1. The molecule has 0 spiro atoms. The fourth-order valence-corrected chi connectivity index (χ4v) is 4.55. The van der Waals surface area contributed by atoms with Crippen molar-refractivity contribution in [2.45, 2.75) is 11.8 Å². The average molecular weight is 392 g/mol. The maximum atomic E-state index is 13.0. The summed E-state index contributed by atoms with van der Waals surface area (Å²) in [5, 5.41) is 2.90. The molecule has 1 heterocycles. The van der Waals surface area contributed by atoms with Gasteiger partial charge < -0.3 is 10.2 Å². The number of benzene rings is 2. The number of carbonyl (C=O) groups is 1. The number of aryl methyl sites for hydroxylation is 1. The van der Waals surface area contributed by atoms with Crippen LogP contribution in [-0.2, 0) is 14.8 Å². The lowest BCUT2D eigenvalue weighted by atomic mass is 10.2. The molecule has 144 valence electrons. The molecule has 6 nitrogen and oxygen atoms in total. The van der Waals surface area contributed by atoms with Crippen molar-refractivity contribution in [3.63, 3.8) is 0 Å². The molecule has 0 unspecified atom stereocenters. The number of anilines is 1. The Labute approximate surface area is 158 Å². The van der Waals surface area contributed by atoms with Crippen molar-refractivity contribution in [2.24, 2.45) is 0 Å². The van der Waals surface area contributed by atoms with E-state index in [4.69, 9.17) is 0 Å². The second-order valence-electron chi connectivity index (χ2n) is 6.65. The zero-order valence-corrected chi connectivity index (χ0v) is 15.9. The summed E-state index contributed by atoms with van der Waals surface area (Å²) in [7, 11) is -3.63. The Bertz CT molecular complexity index is 908. The number of hydrogen-bond acceptors (Lipinski definition) is 3. The number of carbonyl (C=O) groups excluding carboxylic acids is 1. The minimum Gasteiger partial charge on any atom is -0.325 e. The van der Waals surface area contributed by atoms with Crippen LogP contribution in [-0.4, -0.2) is 51.4 Å². The van der Waals surface area contributed by atoms with Gasteiger partial charge in [-0.25, -0.2) is 12.8 Å². The van der Waals surface area contributed by atoms with Crippen molar-refractivity contribution >= 4 is 21.6 Å². The molecule has 0 atom stereocenters. The molecule has 1 amide bonds. The lowest BCUT2D eigenvalue weighted by Gasteiger charge is -2.31. The highest BCUT2D eigenvalue weighted by atomic mass is 32.2. The zero-order valence-electron chi connectivity index (χ0n) is 15.1. The van der Waals surface area contributed by atoms with Crippen LogP contribution in [0.25, 0.3) is 0 Å². The lowest BCUT2D eigenvalue weighted by Crippen LogP contribution is -3.15. The number of halogens is 1. The quantitative estimate of drug-likeness (QED) is 0.786. The van der Waals surface area contributed by atoms with Gasteiger partial charge in [-0.2, -0.15) is 4.31 Å². The fraction of sp³-hybridized carbons (Fsp3) is 0.316. The third-order valence-corrected chi connectivity index (χ3v) is 6.62. The van der Waals surface area contributed by atoms with E-state index in [2.05, 4.69) is 5.32 Å². The molecule has 1 aliphatic heterocycles. The van der Waals surface area contributed by atoms with E-state index in [1.165, 1.54) is 16.4 Å². The van der Waals surface area contributed by atoms with Crippen molar-refractivity contribution in [2.75, 3.05) is 38.0 Å². The summed E-state index contributed by atoms with van der Waals surface area (Å²) in [5.41, 5.74) is 1.79. The maximum absolute atomic E-state index is 13.0. The Morgan fingerprint density at radius 3 is 2.37 bits per heavy atom. The van der Waals surface area contributed by atoms with Crippen LogP contribution < -0.4 is 10.2 Å². The van der Waals surface area contributed by atoms with E-state index in [1.807, 2.05) is 31.2 Å². The molecule has 2 N–H and O–H groups in total. The second kappa shape index (κ2) is 8.16. The Hall–Kier alpha value is -2.29. The molecule has 0 bridgehead atoms. The first-order chi connectivity index (χ1) is 12.9. The van der Waals surface area contributed by atoms with Gasteiger partial charge in [-0.3, -0.25) is 4.79 Å². The number of nitrogens with one attached hydrogen (secondary N) is 2. The molecule has 2 aromatic rings. The molecule has 1 aliphatic rings. The lowest BCUT2D eigenvalue weighted by molar-refractivity contribution is -0.895. The number of rotatable bonds is 5. The van der Waals surface area contributed by atoms with Crippen molar-refractivity contribution in [3.8, 4) is 0 Å². The third kappa shape index (κ3) is 4.71. The Morgan fingerprint density at radius 1 is 1.11 bits per heavy atom. The van der Waals surface area contributed by atoms with Crippen LogP contribution in [0.5, 0.6) is 0 Å². The van der Waals surface area contributed by atoms with Gasteiger partial charge in [-0.05, 0) is 42.8 Å². The van der Waals surface area contributed by atoms with E-state index in [1.54, 1.807) is 0 Å². The van der Waals surface area contributed by atoms with E-state index in [0.717, 1.165) is 28.3 Å². The summed E-state index contributed by atoms with van der Waals surface area (Å²) in [5.74, 6) is -0.558. The largest absolute Gasteiger partial charge is 0.325 e. The van der Waals surface area contributed by atoms with Gasteiger partial charge >= 0.3 is 0 Å². The minimum absolute atomic E-state index is 0.0876. The van der Waals surface area contributed by atoms with Gasteiger partial charge in [0.15, 0.2) is 6.54 Å². The van der Waals surface area contributed by atoms with Crippen molar-refractivity contribution in [3.05, 3.63) is 59.9 Å². The van der Waals surface area contributed by atoms with Gasteiger partial charge in [-0.1, -0.05) is 18.2 Å². The van der Waals surface area contributed by atoms with Crippen LogP contribution >= 0.6 is 0 Å². The van der Waals surface area contributed by atoms with Gasteiger partial charge in [0, 0.05) is 5.69 Å². The van der Waals surface area contributed by atoms with Gasteiger partial charge in [-0.15, -0.1) is 0 Å². The normalized spacial score (nSPS) is 16.2. The molecule has 2 aromatic carbocycles. The summed E-state index contributed by atoms with van der Waals surface area (Å²) < 4.78 is 39.7. The first kappa shape index (κ1) is 19.5. The average Bonchev–Trinajstić information content (AvgIpc) is 2.64. The molecule has 0 aromatic heterocycles. The molecular weight excluding hydrogens is 369 g/mol. The molecular formula is C19H23FN3O3S+. The molecule has 0 saturated carbocycles. The highest BCUT2D eigenvalue weighted by Crippen LogP contribution is 2.16. The van der Waals surface area contributed by atoms with E-state index in [9.17, 15) is 17.6 Å². The van der Waals surface area contributed by atoms with E-state index >= 15 is 0 Å². The number of piperazine rings is 1. The number of hydrogen-bond donors (Lipinski definition) is 2. The molecule has 0 aliphatic carbocycles. The Kier molecular flexibility index (Phi) is 5.88. The third-order valence-electron chi connectivity index (χ3n) is 4.71. The molecule has 0 radical (unpaired) electrons. The van der Waals surface area contributed by atoms with E-state index in [0.29, 0.717) is 32.7 Å². The Morgan fingerprint density at radius 2 is 1.74 bits per heavy atom. The van der Waals surface area contributed by atoms with Gasteiger partial charge in [0.05, 0.1) is 31.1 Å². The number of para-hydroxylation sites is 1. The second-order valence-corrected chi connectivity index (χ2v) is 8.59. The molecule has 8 heteroatoms. The topological polar surface area (TPSA) is 70.9 Å². The van der Waals surface area contributed by atoms with Crippen molar-refractivity contribution < 1.29 is 22.5 Å². The monoisotopic (exact) mass is 392 g/mol. The SMILES string of the molecule is Cc1ccccc1NC(=O)C[NH+]1CCN(S(=O)(=O)c2ccc(F)cc2)CC1. The summed E-state index contributed by atoms with van der Waals surface area (Å²) in [6.07, 6.45) is 0.